The highest BCUT2D eigenvalue weighted by atomic mass is 16.1. The zero-order valence-electron chi connectivity index (χ0n) is 14.9. The Balaban J connectivity index is 1.52. The number of hydrogen-bond acceptors (Lipinski definition) is 3. The van der Waals surface area contributed by atoms with Crippen molar-refractivity contribution in [1.29, 1.82) is 0 Å². The molecule has 2 heterocycles. The van der Waals surface area contributed by atoms with Crippen molar-refractivity contribution in [3.05, 3.63) is 108 Å². The van der Waals surface area contributed by atoms with Crippen LogP contribution in [0.5, 0.6) is 0 Å². The number of imidazole rings is 1. The number of rotatable bonds is 3. The summed E-state index contributed by atoms with van der Waals surface area (Å²) in [7, 11) is 0. The third-order valence-electron chi connectivity index (χ3n) is 4.04. The van der Waals surface area contributed by atoms with Gasteiger partial charge in [0.05, 0.1) is 6.33 Å². The number of nitrogens with zero attached hydrogens (tertiary/aromatic N) is 3. The van der Waals surface area contributed by atoms with E-state index < -0.39 is 0 Å². The van der Waals surface area contributed by atoms with E-state index in [2.05, 4.69) is 27.1 Å². The third-order valence-corrected chi connectivity index (χ3v) is 4.04. The molecule has 0 aliphatic carbocycles. The molecule has 5 heteroatoms. The predicted molar refractivity (Wildman–Crippen MR) is 108 cm³/mol. The molecule has 0 spiro atoms. The van der Waals surface area contributed by atoms with Gasteiger partial charge in [-0.15, -0.1) is 0 Å². The summed E-state index contributed by atoms with van der Waals surface area (Å²) >= 11 is 0. The SMILES string of the molecule is O=C(Nc1cccc(-n2ccnc2)c1)c1cccc(C#Cc2cccnc2)c1. The van der Waals surface area contributed by atoms with E-state index in [9.17, 15) is 4.79 Å². The van der Waals surface area contributed by atoms with Crippen molar-refractivity contribution in [3.8, 4) is 17.5 Å². The summed E-state index contributed by atoms with van der Waals surface area (Å²) in [6.45, 7) is 0. The van der Waals surface area contributed by atoms with Gasteiger partial charge in [0.25, 0.3) is 5.91 Å². The largest absolute Gasteiger partial charge is 0.322 e. The third kappa shape index (κ3) is 4.14. The van der Waals surface area contributed by atoms with Crippen molar-refractivity contribution < 1.29 is 4.79 Å². The van der Waals surface area contributed by atoms with Crippen LogP contribution in [0.3, 0.4) is 0 Å². The van der Waals surface area contributed by atoms with Gasteiger partial charge >= 0.3 is 0 Å². The van der Waals surface area contributed by atoms with E-state index in [1.54, 1.807) is 37.1 Å². The van der Waals surface area contributed by atoms with Crippen LogP contribution in [0.25, 0.3) is 5.69 Å². The molecule has 134 valence electrons. The van der Waals surface area contributed by atoms with Crippen molar-refractivity contribution in [2.75, 3.05) is 5.32 Å². The number of anilines is 1. The van der Waals surface area contributed by atoms with E-state index in [1.807, 2.05) is 59.3 Å². The van der Waals surface area contributed by atoms with Gasteiger partial charge in [-0.25, -0.2) is 4.98 Å². The molecular formula is C23H16N4O. The molecule has 0 fully saturated rings. The smallest absolute Gasteiger partial charge is 0.255 e. The lowest BCUT2D eigenvalue weighted by Gasteiger charge is -2.08. The van der Waals surface area contributed by atoms with E-state index in [1.165, 1.54) is 0 Å². The van der Waals surface area contributed by atoms with Crippen LogP contribution in [-0.4, -0.2) is 20.4 Å². The van der Waals surface area contributed by atoms with Crippen molar-refractivity contribution in [1.82, 2.24) is 14.5 Å². The molecule has 0 saturated carbocycles. The summed E-state index contributed by atoms with van der Waals surface area (Å²) in [4.78, 5) is 20.7. The van der Waals surface area contributed by atoms with Crippen molar-refractivity contribution >= 4 is 11.6 Å². The fourth-order valence-corrected chi connectivity index (χ4v) is 2.68. The number of benzene rings is 2. The average Bonchev–Trinajstić information content (AvgIpc) is 3.28. The molecule has 5 nitrogen and oxygen atoms in total. The van der Waals surface area contributed by atoms with E-state index in [-0.39, 0.29) is 5.91 Å². The summed E-state index contributed by atoms with van der Waals surface area (Å²) in [6, 6.07) is 18.6. The highest BCUT2D eigenvalue weighted by Gasteiger charge is 2.07. The number of carbonyl (C=O) groups is 1. The molecule has 1 amide bonds. The van der Waals surface area contributed by atoms with Gasteiger partial charge in [-0.2, -0.15) is 0 Å². The minimum atomic E-state index is -0.187. The number of amides is 1. The Morgan fingerprint density at radius 1 is 0.893 bits per heavy atom. The number of hydrogen-bond donors (Lipinski definition) is 1. The molecule has 0 atom stereocenters. The topological polar surface area (TPSA) is 59.8 Å². The standard InChI is InChI=1S/C23H16N4O/c28-23(26-21-7-2-8-22(15-21)27-13-12-25-17-27)20-6-1-4-18(14-20)9-10-19-5-3-11-24-16-19/h1-8,11-17H,(H,26,28). The molecule has 0 saturated heterocycles. The molecular weight excluding hydrogens is 348 g/mol. The van der Waals surface area contributed by atoms with Crippen LogP contribution in [-0.2, 0) is 0 Å². The average molecular weight is 364 g/mol. The summed E-state index contributed by atoms with van der Waals surface area (Å²) in [6.07, 6.45) is 8.69. The maximum atomic E-state index is 12.6. The van der Waals surface area contributed by atoms with Gasteiger partial charge in [0.2, 0.25) is 0 Å². The normalized spacial score (nSPS) is 10.0. The Labute approximate surface area is 162 Å². The monoisotopic (exact) mass is 364 g/mol. The van der Waals surface area contributed by atoms with E-state index in [4.69, 9.17) is 0 Å². The zero-order chi connectivity index (χ0) is 19.2. The lowest BCUT2D eigenvalue weighted by Crippen LogP contribution is -2.12. The maximum Gasteiger partial charge on any atom is 0.255 e. The fraction of sp³-hybridized carbons (Fsp3) is 0. The molecule has 4 rings (SSSR count). The molecule has 0 aliphatic heterocycles. The van der Waals surface area contributed by atoms with Crippen LogP contribution in [0.15, 0.2) is 91.8 Å². The van der Waals surface area contributed by atoms with Crippen molar-refractivity contribution in [2.45, 2.75) is 0 Å². The summed E-state index contributed by atoms with van der Waals surface area (Å²) in [5.41, 5.74) is 3.78. The summed E-state index contributed by atoms with van der Waals surface area (Å²) < 4.78 is 1.88. The summed E-state index contributed by atoms with van der Waals surface area (Å²) in [5, 5.41) is 2.93. The van der Waals surface area contributed by atoms with Crippen LogP contribution in [0.4, 0.5) is 5.69 Å². The Hall–Kier alpha value is -4.17. The van der Waals surface area contributed by atoms with Gasteiger partial charge in [-0.05, 0) is 48.5 Å². The van der Waals surface area contributed by atoms with Crippen molar-refractivity contribution in [3.63, 3.8) is 0 Å². The molecule has 4 aromatic rings. The number of nitrogens with one attached hydrogen (secondary N) is 1. The molecule has 1 N–H and O–H groups in total. The van der Waals surface area contributed by atoms with Crippen LogP contribution in [0.2, 0.25) is 0 Å². The lowest BCUT2D eigenvalue weighted by atomic mass is 10.1. The van der Waals surface area contributed by atoms with Gasteiger partial charge < -0.3 is 9.88 Å². The van der Waals surface area contributed by atoms with E-state index in [0.717, 1.165) is 16.8 Å². The maximum absolute atomic E-state index is 12.6. The highest BCUT2D eigenvalue weighted by molar-refractivity contribution is 6.04. The zero-order valence-corrected chi connectivity index (χ0v) is 14.9. The minimum Gasteiger partial charge on any atom is -0.322 e. The summed E-state index contributed by atoms with van der Waals surface area (Å²) in [5.74, 6) is 5.93. The molecule has 0 bridgehead atoms. The molecule has 0 aliphatic rings. The van der Waals surface area contributed by atoms with Gasteiger partial charge in [-0.1, -0.05) is 24.0 Å². The minimum absolute atomic E-state index is 0.187. The fourth-order valence-electron chi connectivity index (χ4n) is 2.68. The number of carbonyl (C=O) groups excluding carboxylic acids is 1. The van der Waals surface area contributed by atoms with E-state index in [0.29, 0.717) is 11.3 Å². The molecule has 28 heavy (non-hydrogen) atoms. The second-order valence-electron chi connectivity index (χ2n) is 6.05. The van der Waals surface area contributed by atoms with Crippen LogP contribution < -0.4 is 5.32 Å². The first kappa shape index (κ1) is 17.3. The quantitative estimate of drug-likeness (QED) is 0.561. The number of pyridine rings is 1. The van der Waals surface area contributed by atoms with Crippen LogP contribution in [0.1, 0.15) is 21.5 Å². The number of aromatic nitrogens is 3. The molecule has 2 aromatic carbocycles. The van der Waals surface area contributed by atoms with Gasteiger partial charge in [0, 0.05) is 52.9 Å². The van der Waals surface area contributed by atoms with Crippen molar-refractivity contribution in [2.24, 2.45) is 0 Å². The Bertz CT molecular complexity index is 1160. The molecule has 0 unspecified atom stereocenters. The second-order valence-corrected chi connectivity index (χ2v) is 6.05. The first-order valence-corrected chi connectivity index (χ1v) is 8.70. The lowest BCUT2D eigenvalue weighted by molar-refractivity contribution is 0.102. The van der Waals surface area contributed by atoms with E-state index >= 15 is 0 Å². The Morgan fingerprint density at radius 2 is 1.75 bits per heavy atom. The predicted octanol–water partition coefficient (Wildman–Crippen LogP) is 3.92. The second kappa shape index (κ2) is 8.02. The van der Waals surface area contributed by atoms with Crippen LogP contribution in [0, 0.1) is 11.8 Å². The Kier molecular flexibility index (Phi) is 4.94. The first-order chi connectivity index (χ1) is 13.8. The molecule has 2 aromatic heterocycles. The Morgan fingerprint density at radius 3 is 2.57 bits per heavy atom. The molecule has 0 radical (unpaired) electrons. The first-order valence-electron chi connectivity index (χ1n) is 8.70. The highest BCUT2D eigenvalue weighted by Crippen LogP contribution is 2.16. The van der Waals surface area contributed by atoms with Gasteiger partial charge in [-0.3, -0.25) is 9.78 Å². The van der Waals surface area contributed by atoms with Crippen LogP contribution >= 0.6 is 0 Å². The van der Waals surface area contributed by atoms with Gasteiger partial charge in [0.15, 0.2) is 0 Å². The van der Waals surface area contributed by atoms with Gasteiger partial charge in [0.1, 0.15) is 0 Å².